The number of aromatic nitrogens is 8. The smallest absolute Gasteiger partial charge is 0.229 e. The minimum Gasteiger partial charge on any atom is -0.486 e. The summed E-state index contributed by atoms with van der Waals surface area (Å²) in [6, 6.07) is 10.0. The van der Waals surface area contributed by atoms with Crippen LogP contribution in [0.1, 0.15) is 25.2 Å². The van der Waals surface area contributed by atoms with Gasteiger partial charge in [0, 0.05) is 37.9 Å². The maximum absolute atomic E-state index is 14.5. The van der Waals surface area contributed by atoms with Crippen LogP contribution < -0.4 is 30.3 Å². The van der Waals surface area contributed by atoms with E-state index < -0.39 is 0 Å². The minimum absolute atomic E-state index is 0.223. The number of halogens is 3. The van der Waals surface area contributed by atoms with Gasteiger partial charge in [-0.3, -0.25) is 0 Å². The number of hydrogen-bond donors (Lipinski definition) is 2. The lowest BCUT2D eigenvalue weighted by Crippen LogP contribution is -2.38. The topological polar surface area (TPSA) is 150 Å². The molecule has 0 fully saturated rings. The molecule has 0 saturated heterocycles. The van der Waals surface area contributed by atoms with E-state index in [1.165, 1.54) is 12.1 Å². The number of nitrogen functional groups attached to an aromatic ring is 1. The van der Waals surface area contributed by atoms with Crippen molar-refractivity contribution in [2.45, 2.75) is 39.8 Å². The van der Waals surface area contributed by atoms with Crippen LogP contribution in [0.4, 0.5) is 37.7 Å². The molecule has 6 aromatic rings. The van der Waals surface area contributed by atoms with Gasteiger partial charge >= 0.3 is 0 Å². The van der Waals surface area contributed by atoms with E-state index in [9.17, 15) is 8.78 Å². The zero-order valence-electron chi connectivity index (χ0n) is 30.0. The van der Waals surface area contributed by atoms with Crippen LogP contribution in [0.2, 0.25) is 5.28 Å². The van der Waals surface area contributed by atoms with Crippen LogP contribution >= 0.6 is 11.6 Å². The van der Waals surface area contributed by atoms with E-state index in [2.05, 4.69) is 49.1 Å². The van der Waals surface area contributed by atoms with Crippen LogP contribution in [0.5, 0.6) is 11.5 Å². The second-order valence-electron chi connectivity index (χ2n) is 12.6. The van der Waals surface area contributed by atoms with Gasteiger partial charge in [-0.2, -0.15) is 9.97 Å². The largest absolute Gasteiger partial charge is 0.486 e. The first kappa shape index (κ1) is 36.8. The Kier molecular flexibility index (Phi) is 10.9. The number of nitrogens with one attached hydrogen (secondary N) is 1. The third-order valence-corrected chi connectivity index (χ3v) is 8.73. The third kappa shape index (κ3) is 8.55. The van der Waals surface area contributed by atoms with Gasteiger partial charge in [-0.15, -0.1) is 0 Å². The Hall–Kier alpha value is -6.03. The van der Waals surface area contributed by atoms with E-state index in [-0.39, 0.29) is 23.0 Å². The molecule has 3 N–H and O–H groups in total. The molecule has 8 rings (SSSR count). The summed E-state index contributed by atoms with van der Waals surface area (Å²) in [7, 11) is 3.93. The van der Waals surface area contributed by atoms with Crippen LogP contribution in [0.25, 0.3) is 11.4 Å². The molecule has 2 aliphatic heterocycles. The summed E-state index contributed by atoms with van der Waals surface area (Å²) < 4.78 is 42.2. The molecule has 2 aromatic carbocycles. The molecular weight excluding hydrogens is 706 g/mol. The number of ether oxygens (including phenoxy) is 2. The van der Waals surface area contributed by atoms with E-state index >= 15 is 0 Å². The van der Waals surface area contributed by atoms with Crippen molar-refractivity contribution in [2.75, 3.05) is 48.2 Å². The summed E-state index contributed by atoms with van der Waals surface area (Å²) in [5.74, 6) is 2.50. The number of benzene rings is 2. The van der Waals surface area contributed by atoms with Crippen molar-refractivity contribution >= 4 is 40.6 Å². The second-order valence-corrected chi connectivity index (χ2v) is 12.9. The van der Waals surface area contributed by atoms with E-state index in [4.69, 9.17) is 26.8 Å². The molecule has 0 bridgehead atoms. The summed E-state index contributed by atoms with van der Waals surface area (Å²) in [5, 5.41) is 3.30. The maximum Gasteiger partial charge on any atom is 0.229 e. The molecule has 0 aliphatic carbocycles. The minimum atomic E-state index is -0.362. The van der Waals surface area contributed by atoms with Crippen molar-refractivity contribution in [3.05, 3.63) is 102 Å². The van der Waals surface area contributed by atoms with Gasteiger partial charge in [-0.25, -0.2) is 28.7 Å². The van der Waals surface area contributed by atoms with Gasteiger partial charge in [-0.1, -0.05) is 0 Å². The number of nitrogens with zero attached hydrogens (tertiary/aromatic N) is 10. The van der Waals surface area contributed by atoms with Gasteiger partial charge in [0.25, 0.3) is 0 Å². The van der Waals surface area contributed by atoms with Crippen LogP contribution in [-0.2, 0) is 0 Å². The summed E-state index contributed by atoms with van der Waals surface area (Å²) in [6.07, 6.45) is 9.93. The van der Waals surface area contributed by atoms with E-state index in [1.807, 2.05) is 37.7 Å². The molecular formula is C36H39ClF2N12O2. The highest BCUT2D eigenvalue weighted by molar-refractivity contribution is 6.28. The number of nitrogens with two attached hydrogens (primary N) is 1. The second kappa shape index (κ2) is 15.7. The van der Waals surface area contributed by atoms with Crippen molar-refractivity contribution < 1.29 is 18.3 Å². The molecule has 0 saturated carbocycles. The fourth-order valence-electron chi connectivity index (χ4n) is 5.30. The Labute approximate surface area is 310 Å². The van der Waals surface area contributed by atoms with Gasteiger partial charge in [0.1, 0.15) is 24.8 Å². The summed E-state index contributed by atoms with van der Waals surface area (Å²) in [4.78, 5) is 28.9. The molecule has 17 heteroatoms. The number of likely N-dealkylation sites (N-methyl/N-ethyl adjacent to an activating group) is 2. The molecule has 4 aromatic heterocycles. The average Bonchev–Trinajstić information content (AvgIpc) is 3.77. The lowest BCUT2D eigenvalue weighted by Gasteiger charge is -2.32. The fourth-order valence-corrected chi connectivity index (χ4v) is 5.42. The number of fused-ring (bicyclic) bond motifs is 2. The van der Waals surface area contributed by atoms with Crippen LogP contribution in [-0.4, -0.2) is 78.4 Å². The molecule has 0 radical (unpaired) electrons. The predicted molar refractivity (Wildman–Crippen MR) is 200 cm³/mol. The molecule has 2 aliphatic rings. The van der Waals surface area contributed by atoms with Crippen molar-refractivity contribution in [1.82, 2.24) is 39.0 Å². The molecule has 0 spiro atoms. The van der Waals surface area contributed by atoms with Crippen LogP contribution in [0, 0.1) is 25.5 Å². The maximum atomic E-state index is 14.5. The summed E-state index contributed by atoms with van der Waals surface area (Å²) in [5.41, 5.74) is 9.00. The Morgan fingerprint density at radius 2 is 1.28 bits per heavy atom. The van der Waals surface area contributed by atoms with E-state index in [0.29, 0.717) is 65.3 Å². The number of rotatable bonds is 4. The van der Waals surface area contributed by atoms with Gasteiger partial charge in [-0.05, 0) is 75.7 Å². The molecule has 0 amide bonds. The number of hydrogen-bond acceptors (Lipinski definition) is 12. The molecule has 2 atom stereocenters. The highest BCUT2D eigenvalue weighted by Gasteiger charge is 2.24. The van der Waals surface area contributed by atoms with Crippen molar-refractivity contribution in [3.8, 4) is 22.9 Å². The van der Waals surface area contributed by atoms with Crippen molar-refractivity contribution in [1.29, 1.82) is 0 Å². The highest BCUT2D eigenvalue weighted by atomic mass is 35.5. The monoisotopic (exact) mass is 744 g/mol. The fraction of sp³-hybridized carbons (Fsp3) is 0.278. The Balaban J connectivity index is 0.000000150. The van der Waals surface area contributed by atoms with Gasteiger partial charge < -0.3 is 39.5 Å². The van der Waals surface area contributed by atoms with Crippen LogP contribution in [0.15, 0.2) is 73.8 Å². The molecule has 14 nitrogen and oxygen atoms in total. The van der Waals surface area contributed by atoms with Crippen LogP contribution in [0.3, 0.4) is 0 Å². The molecule has 276 valence electrons. The standard InChI is InChI=1S/C18H19FN6O.C10H10FN3.C8H10ClN3O/c1-11-8-25(10-21-11)15-5-4-13(6-14(15)19)22-18-20-7-16-17(23-18)24(3)12(2)9-26-16;1-7-5-14(6-13-7)10-3-2-8(12)4-9(10)11;1-5-4-13-6-3-10-8(9)11-7(6)12(5)2/h4-8,10,12H,9H2,1-3H3,(H,20,22,23);2-6H,12H2,1H3;3,5H,4H2,1-2H3. The molecule has 6 heterocycles. The first-order chi connectivity index (χ1) is 25.4. The lowest BCUT2D eigenvalue weighted by atomic mass is 10.2. The van der Waals surface area contributed by atoms with Crippen molar-refractivity contribution in [3.63, 3.8) is 0 Å². The predicted octanol–water partition coefficient (Wildman–Crippen LogP) is 6.32. The first-order valence-electron chi connectivity index (χ1n) is 16.6. The molecule has 2 unspecified atom stereocenters. The van der Waals surface area contributed by atoms with Crippen molar-refractivity contribution in [2.24, 2.45) is 0 Å². The van der Waals surface area contributed by atoms with E-state index in [1.54, 1.807) is 70.8 Å². The molecule has 53 heavy (non-hydrogen) atoms. The Bertz CT molecular complexity index is 2210. The Morgan fingerprint density at radius 3 is 1.81 bits per heavy atom. The third-order valence-electron chi connectivity index (χ3n) is 8.55. The number of anilines is 5. The van der Waals surface area contributed by atoms with Gasteiger partial charge in [0.15, 0.2) is 23.1 Å². The number of aryl methyl sites for hydroxylation is 2. The van der Waals surface area contributed by atoms with Gasteiger partial charge in [0.2, 0.25) is 11.2 Å². The Morgan fingerprint density at radius 1 is 0.755 bits per heavy atom. The lowest BCUT2D eigenvalue weighted by molar-refractivity contribution is 0.271. The zero-order chi connectivity index (χ0) is 37.8. The number of imidazole rings is 2. The quantitative estimate of drug-likeness (QED) is 0.154. The summed E-state index contributed by atoms with van der Waals surface area (Å²) >= 11 is 5.69. The normalized spacial score (nSPS) is 15.8. The van der Waals surface area contributed by atoms with Gasteiger partial charge in [0.05, 0.1) is 59.9 Å². The summed E-state index contributed by atoms with van der Waals surface area (Å²) in [6.45, 7) is 9.10. The highest BCUT2D eigenvalue weighted by Crippen LogP contribution is 2.32. The van der Waals surface area contributed by atoms with E-state index in [0.717, 1.165) is 17.2 Å². The zero-order valence-corrected chi connectivity index (χ0v) is 30.8. The SMILES string of the molecule is CC1COc2cnc(Cl)nc2N1C.Cc1cn(-c2ccc(N)cc2F)cn1.Cc1cn(-c2ccc(Nc3ncc4c(n3)N(C)C(C)CO4)cc2F)cn1. The average molecular weight is 745 g/mol. The first-order valence-corrected chi connectivity index (χ1v) is 17.0.